The van der Waals surface area contributed by atoms with E-state index in [4.69, 9.17) is 25.8 Å². The minimum Gasteiger partial charge on any atom is -0.508 e. The van der Waals surface area contributed by atoms with Crippen LogP contribution in [0.1, 0.15) is 113 Å². The molecule has 70 heavy (non-hydrogen) atoms. The predicted molar refractivity (Wildman–Crippen MR) is 267 cm³/mol. The first-order chi connectivity index (χ1) is 34.0. The van der Waals surface area contributed by atoms with Crippen LogP contribution in [0.5, 0.6) is 28.7 Å². The normalized spacial score (nSPS) is 15.1. The molecule has 360 valence electrons. The molecule has 7 aromatic rings. The monoisotopic (exact) mass is 962 g/mol. The number of aryl methyl sites for hydroxylation is 1. The summed E-state index contributed by atoms with van der Waals surface area (Å²) in [6.07, 6.45) is 9.24. The maximum atomic E-state index is 13.6. The van der Waals surface area contributed by atoms with Crippen molar-refractivity contribution < 1.29 is 38.8 Å². The van der Waals surface area contributed by atoms with Gasteiger partial charge in [-0.3, -0.25) is 14.4 Å². The number of rotatable bonds is 18. The van der Waals surface area contributed by atoms with E-state index in [1.165, 1.54) is 29.8 Å². The van der Waals surface area contributed by atoms with Crippen LogP contribution in [-0.4, -0.2) is 74.5 Å². The van der Waals surface area contributed by atoms with Gasteiger partial charge in [-0.2, -0.15) is 0 Å². The lowest BCUT2D eigenvalue weighted by Gasteiger charge is -2.36. The number of piperidine rings is 1. The largest absolute Gasteiger partial charge is 0.508 e. The van der Waals surface area contributed by atoms with E-state index in [2.05, 4.69) is 22.3 Å². The van der Waals surface area contributed by atoms with Crippen molar-refractivity contribution in [2.75, 3.05) is 32.8 Å². The van der Waals surface area contributed by atoms with E-state index in [-0.39, 0.29) is 45.8 Å². The van der Waals surface area contributed by atoms with Gasteiger partial charge in [0.05, 0.1) is 23.2 Å². The highest BCUT2D eigenvalue weighted by Gasteiger charge is 2.53. The second-order valence-electron chi connectivity index (χ2n) is 18.6. The Morgan fingerprint density at radius 1 is 0.729 bits per heavy atom. The number of amides is 1. The van der Waals surface area contributed by atoms with Crippen LogP contribution in [0.4, 0.5) is 0 Å². The number of likely N-dealkylation sites (tertiary alicyclic amines) is 1. The van der Waals surface area contributed by atoms with E-state index in [0.29, 0.717) is 91.2 Å². The van der Waals surface area contributed by atoms with Crippen LogP contribution in [0.15, 0.2) is 120 Å². The summed E-state index contributed by atoms with van der Waals surface area (Å²) in [6.45, 7) is 4.54. The van der Waals surface area contributed by atoms with Gasteiger partial charge in [-0.15, -0.1) is 0 Å². The van der Waals surface area contributed by atoms with Crippen LogP contribution in [0.2, 0.25) is 5.02 Å². The smallest absolute Gasteiger partial charge is 0.340 e. The van der Waals surface area contributed by atoms with E-state index in [1.807, 2.05) is 57.6 Å². The number of nitrogens with zero attached hydrogens (tertiary/aromatic N) is 3. The first-order valence-electron chi connectivity index (χ1n) is 24.3. The van der Waals surface area contributed by atoms with Crippen LogP contribution in [0.3, 0.4) is 0 Å². The van der Waals surface area contributed by atoms with Crippen molar-refractivity contribution in [3.05, 3.63) is 164 Å². The molecule has 3 N–H and O–H groups in total. The number of hydrogen-bond donors (Lipinski definition) is 3. The summed E-state index contributed by atoms with van der Waals surface area (Å²) in [4.78, 5) is 55.6. The number of aromatic hydroxyl groups is 2. The van der Waals surface area contributed by atoms with Crippen molar-refractivity contribution in [3.8, 4) is 28.7 Å². The highest BCUT2D eigenvalue weighted by atomic mass is 35.5. The van der Waals surface area contributed by atoms with Gasteiger partial charge in [-0.25, -0.2) is 4.79 Å². The summed E-state index contributed by atoms with van der Waals surface area (Å²) in [6, 6.07) is 32.0. The highest BCUT2D eigenvalue weighted by Crippen LogP contribution is 2.57. The predicted octanol–water partition coefficient (Wildman–Crippen LogP) is 10.3. The van der Waals surface area contributed by atoms with Crippen molar-refractivity contribution in [2.45, 2.75) is 82.3 Å². The fourth-order valence-corrected chi connectivity index (χ4v) is 10.6. The first-order valence-corrected chi connectivity index (χ1v) is 24.7. The first kappa shape index (κ1) is 46.6. The molecule has 10 rings (SSSR count). The Hall–Kier alpha value is -7.09. The summed E-state index contributed by atoms with van der Waals surface area (Å²) in [5, 5.41) is 24.1. The number of halogens is 1. The molecule has 0 unspecified atom stereocenters. The van der Waals surface area contributed by atoms with E-state index in [9.17, 15) is 29.4 Å². The number of unbranched alkanes of at least 4 members (excludes halogenated alkanes) is 3. The lowest BCUT2D eigenvalue weighted by Crippen LogP contribution is -2.34. The average molecular weight is 964 g/mol. The number of aromatic nitrogens is 2. The van der Waals surface area contributed by atoms with E-state index in [1.54, 1.807) is 30.3 Å². The summed E-state index contributed by atoms with van der Waals surface area (Å²) in [5.41, 5.74) is 4.62. The summed E-state index contributed by atoms with van der Waals surface area (Å²) in [7, 11) is 0. The van der Waals surface area contributed by atoms with Crippen LogP contribution < -0.4 is 20.3 Å². The number of Topliss-reactive ketones (excluding diaryl/α,β-unsaturated/α-hetero) is 1. The summed E-state index contributed by atoms with van der Waals surface area (Å²) >= 11 is 6.10. The Bertz CT molecular complexity index is 3120. The van der Waals surface area contributed by atoms with Crippen molar-refractivity contribution in [2.24, 2.45) is 0 Å². The van der Waals surface area contributed by atoms with E-state index < -0.39 is 11.6 Å². The van der Waals surface area contributed by atoms with Gasteiger partial charge in [-0.1, -0.05) is 48.7 Å². The SMILES string of the molecule is O=C(CCCCCCC(=O)c1ccc2c(c1)C(=O)OC21c2ccc(O)cc2Oc2cc(O)ccc21)NCCCOc1ccc2c(c1)n1cccc1c(=O)n2CCCN1CCC(c2ccc(Cl)cc2)CC1. The summed E-state index contributed by atoms with van der Waals surface area (Å²) < 4.78 is 22.1. The zero-order valence-corrected chi connectivity index (χ0v) is 39.6. The molecule has 2 aromatic heterocycles. The molecule has 0 aliphatic carbocycles. The molecule has 1 fully saturated rings. The van der Waals surface area contributed by atoms with Crippen molar-refractivity contribution in [1.82, 2.24) is 19.2 Å². The maximum absolute atomic E-state index is 13.6. The maximum Gasteiger partial charge on any atom is 0.340 e. The number of ketones is 1. The van der Waals surface area contributed by atoms with Gasteiger partial charge in [0.1, 0.15) is 34.3 Å². The third-order valence-corrected chi connectivity index (χ3v) is 14.3. The topological polar surface area (TPSA) is 161 Å². The van der Waals surface area contributed by atoms with Gasteiger partial charge in [0.2, 0.25) is 5.91 Å². The third kappa shape index (κ3) is 9.35. The molecule has 0 saturated carbocycles. The second kappa shape index (κ2) is 20.1. The van der Waals surface area contributed by atoms with Crippen molar-refractivity contribution in [1.29, 1.82) is 0 Å². The average Bonchev–Trinajstić information content (AvgIpc) is 3.97. The quantitative estimate of drug-likeness (QED) is 0.0429. The molecule has 1 spiro atoms. The Morgan fingerprint density at radius 2 is 1.44 bits per heavy atom. The zero-order valence-electron chi connectivity index (χ0n) is 38.8. The van der Waals surface area contributed by atoms with Crippen molar-refractivity contribution in [3.63, 3.8) is 0 Å². The Morgan fingerprint density at radius 3 is 2.19 bits per heavy atom. The molecule has 14 heteroatoms. The van der Waals surface area contributed by atoms with Crippen molar-refractivity contribution >= 4 is 45.8 Å². The van der Waals surface area contributed by atoms with E-state index in [0.717, 1.165) is 67.8 Å². The van der Waals surface area contributed by atoms with Gasteiger partial charge >= 0.3 is 5.97 Å². The molecule has 5 aromatic carbocycles. The Kier molecular flexibility index (Phi) is 13.4. The molecule has 0 atom stereocenters. The summed E-state index contributed by atoms with van der Waals surface area (Å²) in [5.74, 6) is 1.06. The molecule has 0 radical (unpaired) electrons. The van der Waals surface area contributed by atoms with Gasteiger partial charge in [0, 0.05) is 77.6 Å². The molecule has 0 bridgehead atoms. The molecule has 3 aliphatic heterocycles. The number of fused-ring (bicyclic) bond motifs is 9. The molecule has 13 nitrogen and oxygen atoms in total. The molecule has 1 amide bonds. The number of phenols is 2. The number of hydrogen-bond acceptors (Lipinski definition) is 10. The minimum absolute atomic E-state index is 0.00148. The third-order valence-electron chi connectivity index (χ3n) is 14.1. The number of ether oxygens (including phenoxy) is 3. The molecular formula is C56H55ClN4O9. The minimum atomic E-state index is -1.39. The Labute approximate surface area is 410 Å². The lowest BCUT2D eigenvalue weighted by molar-refractivity contribution is -0.121. The van der Waals surface area contributed by atoms with E-state index >= 15 is 0 Å². The Balaban J connectivity index is 0.647. The van der Waals surface area contributed by atoms with Crippen LogP contribution in [0, 0.1) is 0 Å². The van der Waals surface area contributed by atoms with Crippen LogP contribution >= 0.6 is 11.6 Å². The number of benzene rings is 5. The molecule has 3 aliphatic rings. The van der Waals surface area contributed by atoms with Gasteiger partial charge in [-0.05, 0) is 136 Å². The molecule has 5 heterocycles. The second-order valence-corrected chi connectivity index (χ2v) is 19.0. The fraction of sp³-hybridized carbons (Fsp3) is 0.321. The number of esters is 1. The standard InChI is InChI=1S/C56H55ClN4O9/c57-39-14-11-36(12-15-39)37-23-29-59(30-24-37)26-7-28-61-47-22-18-42(35-49(47)60-27-5-8-48(60)54(61)66)68-31-6-25-58-53(65)10-4-2-1-3-9-50(64)38-13-19-44-43(32-38)55(67)70-56(44)45-20-16-40(62)33-51(45)69-52-34-41(63)17-21-46(52)56/h5,8,11-22,27,32-35,37,62-63H,1-4,6-7,9-10,23-26,28-31H2,(H,58,65). The lowest BCUT2D eigenvalue weighted by atomic mass is 9.77. The van der Waals surface area contributed by atoms with Gasteiger partial charge < -0.3 is 43.6 Å². The van der Waals surface area contributed by atoms with Gasteiger partial charge in [0.25, 0.3) is 5.56 Å². The number of carbonyl (C=O) groups is 3. The number of carbonyl (C=O) groups excluding carboxylic acids is 3. The van der Waals surface area contributed by atoms with Crippen LogP contribution in [0.25, 0.3) is 16.6 Å². The number of nitrogens with one attached hydrogen (secondary N) is 1. The fourth-order valence-electron chi connectivity index (χ4n) is 10.5. The highest BCUT2D eigenvalue weighted by molar-refractivity contribution is 6.30. The zero-order chi connectivity index (χ0) is 48.4. The number of phenolic OH excluding ortho intramolecular Hbond substituents is 2. The van der Waals surface area contributed by atoms with Gasteiger partial charge in [0.15, 0.2) is 11.4 Å². The molecule has 1 saturated heterocycles. The van der Waals surface area contributed by atoms with Crippen LogP contribution in [-0.2, 0) is 21.7 Å². The molecular weight excluding hydrogens is 908 g/mol.